The smallest absolute Gasteiger partial charge is 0.191 e. The van der Waals surface area contributed by atoms with Crippen LogP contribution in [0, 0.1) is 0 Å². The first-order chi connectivity index (χ1) is 11.3. The van der Waals surface area contributed by atoms with Crippen LogP contribution in [0.2, 0.25) is 0 Å². The number of hydrogen-bond acceptors (Lipinski definition) is 4. The molecular formula is C16H24IN5O2. The van der Waals surface area contributed by atoms with E-state index in [1.807, 2.05) is 29.0 Å². The molecule has 0 atom stereocenters. The molecule has 2 N–H and O–H groups in total. The van der Waals surface area contributed by atoms with Crippen molar-refractivity contribution in [2.24, 2.45) is 4.99 Å². The van der Waals surface area contributed by atoms with Gasteiger partial charge in [-0.25, -0.2) is 4.98 Å². The van der Waals surface area contributed by atoms with Crippen molar-refractivity contribution in [2.45, 2.75) is 13.1 Å². The third-order valence-electron chi connectivity index (χ3n) is 3.39. The van der Waals surface area contributed by atoms with E-state index in [2.05, 4.69) is 20.6 Å². The van der Waals surface area contributed by atoms with E-state index in [0.29, 0.717) is 6.54 Å². The van der Waals surface area contributed by atoms with Gasteiger partial charge in [0.25, 0.3) is 0 Å². The minimum Gasteiger partial charge on any atom is -0.497 e. The molecule has 0 radical (unpaired) electrons. The normalized spacial score (nSPS) is 10.7. The van der Waals surface area contributed by atoms with Crippen LogP contribution in [0.1, 0.15) is 5.56 Å². The van der Waals surface area contributed by atoms with Crippen LogP contribution in [0.15, 0.2) is 41.9 Å². The fourth-order valence-electron chi connectivity index (χ4n) is 2.12. The maximum atomic E-state index is 5.39. The summed E-state index contributed by atoms with van der Waals surface area (Å²) in [6.07, 6.45) is 5.49. The lowest BCUT2D eigenvalue weighted by Gasteiger charge is -2.14. The molecule has 0 unspecified atom stereocenters. The zero-order valence-electron chi connectivity index (χ0n) is 14.2. The molecule has 2 rings (SSSR count). The SMILES string of the molecule is CN=C(NCCn1ccnc1)NCc1ccc(OC)cc1OC.I. The molecule has 0 bridgehead atoms. The van der Waals surface area contributed by atoms with Crippen LogP contribution >= 0.6 is 24.0 Å². The molecule has 8 heteroatoms. The quantitative estimate of drug-likeness (QED) is 0.387. The molecule has 7 nitrogen and oxygen atoms in total. The van der Waals surface area contributed by atoms with Gasteiger partial charge < -0.3 is 24.7 Å². The number of aliphatic imine (C=N–C) groups is 1. The summed E-state index contributed by atoms with van der Waals surface area (Å²) in [5.41, 5.74) is 1.03. The molecule has 0 fully saturated rings. The number of ether oxygens (including phenoxy) is 2. The van der Waals surface area contributed by atoms with Crippen molar-refractivity contribution < 1.29 is 9.47 Å². The van der Waals surface area contributed by atoms with Crippen LogP contribution in [-0.4, -0.2) is 43.3 Å². The van der Waals surface area contributed by atoms with Gasteiger partial charge in [-0.15, -0.1) is 24.0 Å². The number of rotatable bonds is 7. The Hall–Kier alpha value is -1.97. The number of aromatic nitrogens is 2. The molecule has 0 saturated carbocycles. The van der Waals surface area contributed by atoms with Crippen molar-refractivity contribution in [3.63, 3.8) is 0 Å². The van der Waals surface area contributed by atoms with Crippen molar-refractivity contribution in [2.75, 3.05) is 27.8 Å². The van der Waals surface area contributed by atoms with Crippen LogP contribution in [-0.2, 0) is 13.1 Å². The number of methoxy groups -OCH3 is 2. The lowest BCUT2D eigenvalue weighted by Crippen LogP contribution is -2.38. The summed E-state index contributed by atoms with van der Waals surface area (Å²) in [5.74, 6) is 2.29. The van der Waals surface area contributed by atoms with Gasteiger partial charge in [0.05, 0.1) is 20.5 Å². The number of nitrogens with one attached hydrogen (secondary N) is 2. The van der Waals surface area contributed by atoms with E-state index >= 15 is 0 Å². The second-order valence-corrected chi connectivity index (χ2v) is 4.83. The Balaban J connectivity index is 0.00000288. The maximum Gasteiger partial charge on any atom is 0.191 e. The van der Waals surface area contributed by atoms with Gasteiger partial charge in [-0.05, 0) is 12.1 Å². The Morgan fingerprint density at radius 2 is 2.08 bits per heavy atom. The van der Waals surface area contributed by atoms with Gasteiger partial charge >= 0.3 is 0 Å². The minimum absolute atomic E-state index is 0. The summed E-state index contributed by atoms with van der Waals surface area (Å²) in [4.78, 5) is 8.23. The molecule has 0 amide bonds. The van der Waals surface area contributed by atoms with Crippen molar-refractivity contribution >= 4 is 29.9 Å². The number of halogens is 1. The average molecular weight is 445 g/mol. The molecule has 2 aromatic rings. The molecule has 0 aliphatic rings. The fraction of sp³-hybridized carbons (Fsp3) is 0.375. The molecule has 0 saturated heterocycles. The molecule has 24 heavy (non-hydrogen) atoms. The predicted octanol–water partition coefficient (Wildman–Crippen LogP) is 1.88. The lowest BCUT2D eigenvalue weighted by atomic mass is 10.2. The Morgan fingerprint density at radius 1 is 1.25 bits per heavy atom. The number of nitrogens with zero attached hydrogens (tertiary/aromatic N) is 3. The number of guanidine groups is 1. The van der Waals surface area contributed by atoms with E-state index in [1.54, 1.807) is 33.8 Å². The summed E-state index contributed by atoms with van der Waals surface area (Å²) in [7, 11) is 5.03. The second-order valence-electron chi connectivity index (χ2n) is 4.83. The number of imidazole rings is 1. The Morgan fingerprint density at radius 3 is 2.71 bits per heavy atom. The fourth-order valence-corrected chi connectivity index (χ4v) is 2.12. The molecule has 0 aliphatic heterocycles. The Kier molecular flexibility index (Phi) is 8.98. The third-order valence-corrected chi connectivity index (χ3v) is 3.39. The molecule has 1 heterocycles. The van der Waals surface area contributed by atoms with Crippen LogP contribution in [0.4, 0.5) is 0 Å². The van der Waals surface area contributed by atoms with Gasteiger partial charge in [-0.2, -0.15) is 0 Å². The standard InChI is InChI=1S/C16H23N5O2.HI/c1-17-16(19-7-9-21-8-6-18-12-21)20-11-13-4-5-14(22-2)10-15(13)23-3;/h4-6,8,10,12H,7,9,11H2,1-3H3,(H2,17,19,20);1H. The summed E-state index contributed by atoms with van der Waals surface area (Å²) in [6.45, 7) is 2.19. The minimum atomic E-state index is 0. The van der Waals surface area contributed by atoms with Gasteiger partial charge in [0.2, 0.25) is 0 Å². The lowest BCUT2D eigenvalue weighted by molar-refractivity contribution is 0.390. The van der Waals surface area contributed by atoms with Crippen LogP contribution in [0.5, 0.6) is 11.5 Å². The van der Waals surface area contributed by atoms with Gasteiger partial charge in [-0.3, -0.25) is 4.99 Å². The maximum absolute atomic E-state index is 5.39. The van der Waals surface area contributed by atoms with Gasteiger partial charge in [0.1, 0.15) is 11.5 Å². The van der Waals surface area contributed by atoms with E-state index < -0.39 is 0 Å². The first-order valence-corrected chi connectivity index (χ1v) is 7.38. The zero-order valence-corrected chi connectivity index (χ0v) is 16.5. The van der Waals surface area contributed by atoms with Crippen LogP contribution in [0.25, 0.3) is 0 Å². The van der Waals surface area contributed by atoms with Crippen molar-refractivity contribution in [3.05, 3.63) is 42.5 Å². The first-order valence-electron chi connectivity index (χ1n) is 7.38. The highest BCUT2D eigenvalue weighted by Crippen LogP contribution is 2.24. The van der Waals surface area contributed by atoms with Crippen molar-refractivity contribution in [1.82, 2.24) is 20.2 Å². The molecular weight excluding hydrogens is 421 g/mol. The summed E-state index contributed by atoms with van der Waals surface area (Å²) >= 11 is 0. The average Bonchev–Trinajstić information content (AvgIpc) is 3.11. The zero-order chi connectivity index (χ0) is 16.5. The highest BCUT2D eigenvalue weighted by Gasteiger charge is 2.06. The van der Waals surface area contributed by atoms with Gasteiger partial charge in [0, 0.05) is 50.7 Å². The van der Waals surface area contributed by atoms with Crippen molar-refractivity contribution in [1.29, 1.82) is 0 Å². The van der Waals surface area contributed by atoms with Crippen LogP contribution in [0.3, 0.4) is 0 Å². The van der Waals surface area contributed by atoms with E-state index in [4.69, 9.17) is 9.47 Å². The summed E-state index contributed by atoms with van der Waals surface area (Å²) in [6, 6.07) is 5.75. The molecule has 132 valence electrons. The molecule has 0 aliphatic carbocycles. The molecule has 0 spiro atoms. The first kappa shape index (κ1) is 20.1. The second kappa shape index (κ2) is 10.7. The molecule has 1 aromatic heterocycles. The summed E-state index contributed by atoms with van der Waals surface area (Å²) in [5, 5.41) is 6.53. The Labute approximate surface area is 159 Å². The van der Waals surface area contributed by atoms with E-state index in [1.165, 1.54) is 0 Å². The van der Waals surface area contributed by atoms with E-state index in [9.17, 15) is 0 Å². The van der Waals surface area contributed by atoms with Crippen LogP contribution < -0.4 is 20.1 Å². The van der Waals surface area contributed by atoms with Crippen molar-refractivity contribution in [3.8, 4) is 11.5 Å². The summed E-state index contributed by atoms with van der Waals surface area (Å²) < 4.78 is 12.6. The highest BCUT2D eigenvalue weighted by atomic mass is 127. The van der Waals surface area contributed by atoms with Gasteiger partial charge in [-0.1, -0.05) is 0 Å². The Bertz CT molecular complexity index is 631. The number of benzene rings is 1. The number of hydrogen-bond donors (Lipinski definition) is 2. The van der Waals surface area contributed by atoms with Gasteiger partial charge in [0.15, 0.2) is 5.96 Å². The highest BCUT2D eigenvalue weighted by molar-refractivity contribution is 14.0. The monoisotopic (exact) mass is 445 g/mol. The van der Waals surface area contributed by atoms with E-state index in [-0.39, 0.29) is 24.0 Å². The topological polar surface area (TPSA) is 72.7 Å². The third kappa shape index (κ3) is 5.91. The predicted molar refractivity (Wildman–Crippen MR) is 105 cm³/mol. The largest absolute Gasteiger partial charge is 0.497 e. The van der Waals surface area contributed by atoms with E-state index in [0.717, 1.165) is 36.1 Å². The molecule has 1 aromatic carbocycles.